The fraction of sp³-hybridized carbons (Fsp3) is 0.500. The summed E-state index contributed by atoms with van der Waals surface area (Å²) in [5, 5.41) is 3.86. The second-order valence-electron chi connectivity index (χ2n) is 5.81. The number of piperazine rings is 1. The van der Waals surface area contributed by atoms with Gasteiger partial charge in [0.05, 0.1) is 0 Å². The molecule has 0 spiro atoms. The monoisotopic (exact) mass is 315 g/mol. The molecule has 1 aliphatic heterocycles. The van der Waals surface area contributed by atoms with Crippen LogP contribution in [0.4, 0.5) is 0 Å². The maximum absolute atomic E-state index is 12.9. The lowest BCUT2D eigenvalue weighted by Crippen LogP contribution is -2.49. The Labute approximate surface area is 135 Å². The number of carbonyl (C=O) groups excluding carboxylic acids is 1. The molecule has 0 N–H and O–H groups in total. The molecule has 2 aromatic heterocycles. The Hall–Kier alpha value is -2.28. The first kappa shape index (κ1) is 15.6. The molecule has 0 radical (unpaired) electrons. The number of rotatable bonds is 3. The van der Waals surface area contributed by atoms with Crippen LogP contribution in [0.3, 0.4) is 0 Å². The summed E-state index contributed by atoms with van der Waals surface area (Å²) in [5.41, 5.74) is 1.70. The predicted octanol–water partition coefficient (Wildman–Crippen LogP) is 1.46. The minimum absolute atomic E-state index is 0.0404. The lowest BCUT2D eigenvalue weighted by molar-refractivity contribution is 0.0488. The van der Waals surface area contributed by atoms with Crippen LogP contribution in [0.15, 0.2) is 23.0 Å². The van der Waals surface area contributed by atoms with E-state index in [2.05, 4.69) is 20.0 Å². The molecule has 7 heteroatoms. The number of likely N-dealkylation sites (N-methyl/N-ethyl adjacent to an activating group) is 1. The first-order valence-corrected chi connectivity index (χ1v) is 7.82. The summed E-state index contributed by atoms with van der Waals surface area (Å²) in [6, 6.07) is 1.73. The van der Waals surface area contributed by atoms with Gasteiger partial charge in [0.15, 0.2) is 5.82 Å². The molecule has 2 aromatic rings. The zero-order chi connectivity index (χ0) is 16.4. The molecule has 122 valence electrons. The molecule has 1 saturated heterocycles. The second kappa shape index (κ2) is 6.45. The minimum atomic E-state index is -0.0687. The number of carbonyl (C=O) groups is 1. The van der Waals surface area contributed by atoms with Gasteiger partial charge in [-0.15, -0.1) is 0 Å². The van der Waals surface area contributed by atoms with Crippen LogP contribution in [0, 0.1) is 6.92 Å². The van der Waals surface area contributed by atoms with Gasteiger partial charge in [-0.25, -0.2) is 0 Å². The molecule has 0 unspecified atom stereocenters. The molecule has 7 nitrogen and oxygen atoms in total. The van der Waals surface area contributed by atoms with E-state index in [-0.39, 0.29) is 11.9 Å². The van der Waals surface area contributed by atoms with E-state index in [1.807, 2.05) is 18.9 Å². The van der Waals surface area contributed by atoms with E-state index in [1.165, 1.54) is 0 Å². The van der Waals surface area contributed by atoms with E-state index in [4.69, 9.17) is 4.52 Å². The van der Waals surface area contributed by atoms with E-state index in [0.717, 1.165) is 24.1 Å². The van der Waals surface area contributed by atoms with E-state index in [1.54, 1.807) is 25.4 Å². The quantitative estimate of drug-likeness (QED) is 0.853. The summed E-state index contributed by atoms with van der Waals surface area (Å²) in [6.45, 7) is 5.82. The highest BCUT2D eigenvalue weighted by molar-refractivity contribution is 5.95. The summed E-state index contributed by atoms with van der Waals surface area (Å²) < 4.78 is 5.30. The molecule has 0 aromatic carbocycles. The summed E-state index contributed by atoms with van der Waals surface area (Å²) in [4.78, 5) is 25.3. The van der Waals surface area contributed by atoms with Gasteiger partial charge in [-0.05, 0) is 32.0 Å². The van der Waals surface area contributed by atoms with Gasteiger partial charge in [0, 0.05) is 37.6 Å². The number of amides is 1. The maximum atomic E-state index is 12.9. The first-order valence-electron chi connectivity index (χ1n) is 7.82. The average molecular weight is 315 g/mol. The lowest BCUT2D eigenvalue weighted by Gasteiger charge is -2.37. The third-order valence-electron chi connectivity index (χ3n) is 4.28. The zero-order valence-corrected chi connectivity index (χ0v) is 13.7. The van der Waals surface area contributed by atoms with Crippen molar-refractivity contribution >= 4 is 5.91 Å². The average Bonchev–Trinajstić information content (AvgIpc) is 3.01. The summed E-state index contributed by atoms with van der Waals surface area (Å²) in [7, 11) is 2.01. The van der Waals surface area contributed by atoms with Gasteiger partial charge in [-0.3, -0.25) is 14.7 Å². The molecule has 23 heavy (non-hydrogen) atoms. The summed E-state index contributed by atoms with van der Waals surface area (Å²) in [5.74, 6) is 1.21. The third kappa shape index (κ3) is 3.10. The molecule has 1 aliphatic rings. The van der Waals surface area contributed by atoms with Gasteiger partial charge in [-0.1, -0.05) is 12.1 Å². The Morgan fingerprint density at radius 1 is 1.43 bits per heavy atom. The fourth-order valence-corrected chi connectivity index (χ4v) is 2.86. The van der Waals surface area contributed by atoms with Crippen LogP contribution in [-0.4, -0.2) is 57.5 Å². The van der Waals surface area contributed by atoms with Crippen molar-refractivity contribution in [3.63, 3.8) is 0 Å². The highest BCUT2D eigenvalue weighted by atomic mass is 16.5. The van der Waals surface area contributed by atoms with E-state index in [9.17, 15) is 4.79 Å². The SMILES string of the molecule is CCc1cnccc1C(=O)N1CCN(C)[C@@H](c2nc(C)no2)C1. The molecule has 0 aliphatic carbocycles. The molecular formula is C16H21N5O2. The number of hydrogen-bond acceptors (Lipinski definition) is 6. The van der Waals surface area contributed by atoms with Crippen LogP contribution >= 0.6 is 0 Å². The molecule has 1 fully saturated rings. The second-order valence-corrected chi connectivity index (χ2v) is 5.81. The fourth-order valence-electron chi connectivity index (χ4n) is 2.86. The lowest BCUT2D eigenvalue weighted by atomic mass is 10.1. The van der Waals surface area contributed by atoms with Gasteiger partial charge in [0.2, 0.25) is 5.89 Å². The summed E-state index contributed by atoms with van der Waals surface area (Å²) >= 11 is 0. The van der Waals surface area contributed by atoms with Gasteiger partial charge >= 0.3 is 0 Å². The minimum Gasteiger partial charge on any atom is -0.338 e. The van der Waals surface area contributed by atoms with E-state index in [0.29, 0.717) is 24.8 Å². The Morgan fingerprint density at radius 2 is 2.26 bits per heavy atom. The number of nitrogens with zero attached hydrogens (tertiary/aromatic N) is 5. The standard InChI is InChI=1S/C16H21N5O2/c1-4-12-9-17-6-5-13(12)16(22)21-8-7-20(3)14(10-21)15-18-11(2)19-23-15/h5-6,9,14H,4,7-8,10H2,1-3H3/t14-/m1/s1. The molecule has 0 bridgehead atoms. The van der Waals surface area contributed by atoms with Crippen molar-refractivity contribution in [2.75, 3.05) is 26.7 Å². The van der Waals surface area contributed by atoms with E-state index >= 15 is 0 Å². The van der Waals surface area contributed by atoms with Crippen LogP contribution in [0.1, 0.15) is 40.6 Å². The van der Waals surface area contributed by atoms with Crippen molar-refractivity contribution < 1.29 is 9.32 Å². The molecular weight excluding hydrogens is 294 g/mol. The van der Waals surface area contributed by atoms with Crippen molar-refractivity contribution in [2.45, 2.75) is 26.3 Å². The van der Waals surface area contributed by atoms with Gasteiger partial charge in [0.25, 0.3) is 5.91 Å². The predicted molar refractivity (Wildman–Crippen MR) is 83.9 cm³/mol. The van der Waals surface area contributed by atoms with Crippen molar-refractivity contribution in [3.05, 3.63) is 41.3 Å². The number of pyridine rings is 1. The van der Waals surface area contributed by atoms with E-state index < -0.39 is 0 Å². The smallest absolute Gasteiger partial charge is 0.254 e. The highest BCUT2D eigenvalue weighted by Crippen LogP contribution is 2.24. The zero-order valence-electron chi connectivity index (χ0n) is 13.7. The van der Waals surface area contributed by atoms with Gasteiger partial charge in [-0.2, -0.15) is 4.98 Å². The Kier molecular flexibility index (Phi) is 4.38. The van der Waals surface area contributed by atoms with Crippen LogP contribution < -0.4 is 0 Å². The van der Waals surface area contributed by atoms with Crippen LogP contribution in [0.25, 0.3) is 0 Å². The summed E-state index contributed by atoms with van der Waals surface area (Å²) in [6.07, 6.45) is 4.22. The third-order valence-corrected chi connectivity index (χ3v) is 4.28. The number of hydrogen-bond donors (Lipinski definition) is 0. The molecule has 1 amide bonds. The van der Waals surface area contributed by atoms with Crippen LogP contribution in [-0.2, 0) is 6.42 Å². The van der Waals surface area contributed by atoms with Crippen molar-refractivity contribution in [2.24, 2.45) is 0 Å². The Bertz CT molecular complexity index is 699. The molecule has 0 saturated carbocycles. The number of aromatic nitrogens is 3. The molecule has 3 rings (SSSR count). The maximum Gasteiger partial charge on any atom is 0.254 e. The van der Waals surface area contributed by atoms with Crippen molar-refractivity contribution in [1.29, 1.82) is 0 Å². The van der Waals surface area contributed by atoms with Gasteiger partial charge < -0.3 is 9.42 Å². The molecule has 3 heterocycles. The largest absolute Gasteiger partial charge is 0.338 e. The number of aryl methyl sites for hydroxylation is 2. The van der Waals surface area contributed by atoms with Crippen LogP contribution in [0.2, 0.25) is 0 Å². The van der Waals surface area contributed by atoms with Crippen molar-refractivity contribution in [1.82, 2.24) is 24.9 Å². The van der Waals surface area contributed by atoms with Crippen LogP contribution in [0.5, 0.6) is 0 Å². The molecule has 1 atom stereocenters. The Morgan fingerprint density at radius 3 is 2.96 bits per heavy atom. The van der Waals surface area contributed by atoms with Crippen molar-refractivity contribution in [3.8, 4) is 0 Å². The Balaban J connectivity index is 1.82. The topological polar surface area (TPSA) is 75.4 Å². The first-order chi connectivity index (χ1) is 11.1. The van der Waals surface area contributed by atoms with Gasteiger partial charge in [0.1, 0.15) is 6.04 Å². The highest BCUT2D eigenvalue weighted by Gasteiger charge is 2.32. The normalized spacial score (nSPS) is 19.1.